The van der Waals surface area contributed by atoms with E-state index in [1.165, 1.54) is 11.1 Å². The molecule has 5 atom stereocenters. The normalized spacial score (nSPS) is 35.4. The number of hydrogen-bond acceptors (Lipinski definition) is 6. The zero-order valence-electron chi connectivity index (χ0n) is 15.1. The Bertz CT molecular complexity index is 947. The maximum Gasteiger partial charge on any atom is 0.232 e. The Morgan fingerprint density at radius 1 is 1.30 bits per heavy atom. The third-order valence-electron chi connectivity index (χ3n) is 6.93. The lowest BCUT2D eigenvalue weighted by molar-refractivity contribution is -0.0392. The van der Waals surface area contributed by atoms with Crippen LogP contribution in [0.25, 0.3) is 0 Å². The van der Waals surface area contributed by atoms with E-state index in [1.807, 2.05) is 0 Å². The second-order valence-electron chi connectivity index (χ2n) is 8.07. The topological polar surface area (TPSA) is 67.7 Å². The van der Waals surface area contributed by atoms with E-state index in [2.05, 4.69) is 40.1 Å². The van der Waals surface area contributed by atoms with E-state index in [4.69, 9.17) is 9.47 Å². The number of rotatable bonds is 2. The van der Waals surface area contributed by atoms with Gasteiger partial charge in [0.2, 0.25) is 5.88 Å². The number of phenols is 1. The fourth-order valence-electron chi connectivity index (χ4n) is 5.81. The molecular formula is C21H21N3O3. The van der Waals surface area contributed by atoms with E-state index in [0.29, 0.717) is 23.6 Å². The molecule has 2 aliphatic carbocycles. The number of hydrogen-bond donors (Lipinski definition) is 1. The molecule has 27 heavy (non-hydrogen) atoms. The molecule has 0 unspecified atom stereocenters. The molecule has 4 aliphatic rings. The van der Waals surface area contributed by atoms with Crippen LogP contribution in [0.4, 0.5) is 0 Å². The first-order valence-corrected chi connectivity index (χ1v) is 9.52. The molecule has 6 heteroatoms. The van der Waals surface area contributed by atoms with Gasteiger partial charge in [-0.2, -0.15) is 0 Å². The second-order valence-corrected chi connectivity index (χ2v) is 8.07. The molecule has 0 amide bonds. The van der Waals surface area contributed by atoms with E-state index < -0.39 is 0 Å². The lowest BCUT2D eigenvalue weighted by atomic mass is 9.53. The zero-order chi connectivity index (χ0) is 18.2. The summed E-state index contributed by atoms with van der Waals surface area (Å²) in [5.74, 6) is 1.73. The first-order valence-electron chi connectivity index (χ1n) is 9.52. The average molecular weight is 363 g/mol. The largest absolute Gasteiger partial charge is 0.504 e. The van der Waals surface area contributed by atoms with Gasteiger partial charge >= 0.3 is 0 Å². The van der Waals surface area contributed by atoms with Crippen molar-refractivity contribution in [3.63, 3.8) is 0 Å². The van der Waals surface area contributed by atoms with E-state index in [1.54, 1.807) is 24.7 Å². The Kier molecular flexibility index (Phi) is 2.99. The minimum absolute atomic E-state index is 0.152. The van der Waals surface area contributed by atoms with Crippen LogP contribution in [-0.4, -0.2) is 51.8 Å². The molecule has 1 fully saturated rings. The number of nitrogens with zero attached hydrogens (tertiary/aromatic N) is 3. The summed E-state index contributed by atoms with van der Waals surface area (Å²) in [6.07, 6.45) is 10.8. The molecular weight excluding hydrogens is 342 g/mol. The van der Waals surface area contributed by atoms with Crippen LogP contribution < -0.4 is 9.47 Å². The summed E-state index contributed by atoms with van der Waals surface area (Å²) in [6.45, 7) is 1.02. The maximum atomic E-state index is 10.5. The van der Waals surface area contributed by atoms with Crippen molar-refractivity contribution in [3.8, 4) is 17.4 Å². The van der Waals surface area contributed by atoms with Gasteiger partial charge in [0.25, 0.3) is 0 Å². The molecule has 1 aromatic carbocycles. The minimum Gasteiger partial charge on any atom is -0.504 e. The van der Waals surface area contributed by atoms with Crippen LogP contribution in [0.15, 0.2) is 42.9 Å². The van der Waals surface area contributed by atoms with Crippen LogP contribution in [0.2, 0.25) is 0 Å². The summed E-state index contributed by atoms with van der Waals surface area (Å²) >= 11 is 0. The lowest BCUT2D eigenvalue weighted by Gasteiger charge is -2.56. The van der Waals surface area contributed by atoms with Gasteiger partial charge < -0.3 is 19.5 Å². The molecule has 1 spiro atoms. The van der Waals surface area contributed by atoms with E-state index in [9.17, 15) is 5.11 Å². The van der Waals surface area contributed by atoms with Crippen LogP contribution >= 0.6 is 0 Å². The standard InChI is InChI=1S/C21H21N3O3/c1-24-9-6-21-13-3-5-16(26-17-11-22-7-8-23-17)20(21)27-19-15(25)4-2-12(18(19)21)10-14(13)24/h2-5,7-8,11,13-14,16,20,25H,6,9-10H2,1H3/t13-,14+,16-,20-,21-/m0/s1. The monoisotopic (exact) mass is 363 g/mol. The van der Waals surface area contributed by atoms with E-state index in [0.717, 1.165) is 19.4 Å². The van der Waals surface area contributed by atoms with Crippen LogP contribution in [-0.2, 0) is 11.8 Å². The maximum absolute atomic E-state index is 10.5. The Morgan fingerprint density at radius 2 is 2.22 bits per heavy atom. The molecule has 138 valence electrons. The summed E-state index contributed by atoms with van der Waals surface area (Å²) in [5, 5.41) is 10.5. The number of aromatic hydroxyl groups is 1. The van der Waals surface area contributed by atoms with Gasteiger partial charge in [-0.25, -0.2) is 4.98 Å². The number of likely N-dealkylation sites (N-methyl/N-ethyl adjacent to an activating group) is 1. The van der Waals surface area contributed by atoms with Gasteiger partial charge in [0.15, 0.2) is 17.6 Å². The molecule has 2 aliphatic heterocycles. The van der Waals surface area contributed by atoms with E-state index >= 15 is 0 Å². The molecule has 0 radical (unpaired) electrons. The Balaban J connectivity index is 1.51. The van der Waals surface area contributed by atoms with Crippen molar-refractivity contribution in [1.29, 1.82) is 0 Å². The van der Waals surface area contributed by atoms with Crippen LogP contribution in [0.3, 0.4) is 0 Å². The number of benzene rings is 1. The van der Waals surface area contributed by atoms with Gasteiger partial charge in [-0.3, -0.25) is 4.98 Å². The second kappa shape index (κ2) is 5.23. The van der Waals surface area contributed by atoms with Crippen molar-refractivity contribution in [3.05, 3.63) is 54.0 Å². The van der Waals surface area contributed by atoms with Gasteiger partial charge in [-0.1, -0.05) is 12.1 Å². The van der Waals surface area contributed by atoms with E-state index in [-0.39, 0.29) is 23.4 Å². The molecule has 2 bridgehead atoms. The highest BCUT2D eigenvalue weighted by Crippen LogP contribution is 2.62. The molecule has 1 aromatic heterocycles. The fraction of sp³-hybridized carbons (Fsp3) is 0.429. The first kappa shape index (κ1) is 15.5. The summed E-state index contributed by atoms with van der Waals surface area (Å²) in [4.78, 5) is 10.8. The zero-order valence-corrected chi connectivity index (χ0v) is 15.1. The third kappa shape index (κ3) is 1.88. The fourth-order valence-corrected chi connectivity index (χ4v) is 5.81. The Hall–Kier alpha value is -2.60. The number of aromatic nitrogens is 2. The Labute approximate surface area is 157 Å². The van der Waals surface area contributed by atoms with Gasteiger partial charge in [0.1, 0.15) is 6.10 Å². The molecule has 1 N–H and O–H groups in total. The van der Waals surface area contributed by atoms with Crippen molar-refractivity contribution in [1.82, 2.24) is 14.9 Å². The van der Waals surface area contributed by atoms with Crippen LogP contribution in [0.1, 0.15) is 17.5 Å². The quantitative estimate of drug-likeness (QED) is 0.824. The van der Waals surface area contributed by atoms with Gasteiger partial charge in [-0.15, -0.1) is 0 Å². The van der Waals surface area contributed by atoms with Crippen molar-refractivity contribution < 1.29 is 14.6 Å². The minimum atomic E-state index is -0.264. The number of phenolic OH excluding ortho intramolecular Hbond substituents is 1. The van der Waals surface area contributed by atoms with Crippen molar-refractivity contribution in [2.75, 3.05) is 13.6 Å². The molecule has 2 aromatic rings. The highest BCUT2D eigenvalue weighted by atomic mass is 16.6. The van der Waals surface area contributed by atoms with Crippen LogP contribution in [0, 0.1) is 5.92 Å². The summed E-state index contributed by atoms with van der Waals surface area (Å²) in [5.41, 5.74) is 2.35. The number of ether oxygens (including phenoxy) is 2. The third-order valence-corrected chi connectivity index (χ3v) is 6.93. The summed E-state index contributed by atoms with van der Waals surface area (Å²) < 4.78 is 12.6. The van der Waals surface area contributed by atoms with Crippen molar-refractivity contribution in [2.24, 2.45) is 5.92 Å². The molecule has 1 saturated heterocycles. The SMILES string of the molecule is CN1CC[C@]23c4c5ccc(O)c4O[C@H]2[C@@H](Oc2cnccn2)C=C[C@H]3[C@H]1C5. The van der Waals surface area contributed by atoms with Gasteiger partial charge in [-0.05, 0) is 44.1 Å². The number of piperidine rings is 1. The smallest absolute Gasteiger partial charge is 0.232 e. The van der Waals surface area contributed by atoms with Crippen LogP contribution in [0.5, 0.6) is 17.4 Å². The predicted molar refractivity (Wildman–Crippen MR) is 98.0 cm³/mol. The first-order chi connectivity index (χ1) is 13.2. The Morgan fingerprint density at radius 3 is 3.07 bits per heavy atom. The summed E-state index contributed by atoms with van der Waals surface area (Å²) in [6, 6.07) is 4.28. The number of likely N-dealkylation sites (tertiary alicyclic amines) is 1. The predicted octanol–water partition coefficient (Wildman–Crippen LogP) is 2.07. The van der Waals surface area contributed by atoms with Gasteiger partial charge in [0, 0.05) is 35.3 Å². The summed E-state index contributed by atoms with van der Waals surface area (Å²) in [7, 11) is 2.21. The highest BCUT2D eigenvalue weighted by molar-refractivity contribution is 5.61. The highest BCUT2D eigenvalue weighted by Gasteiger charge is 2.64. The average Bonchev–Trinajstić information content (AvgIpc) is 3.04. The van der Waals surface area contributed by atoms with Gasteiger partial charge in [0.05, 0.1) is 6.20 Å². The molecule has 6 nitrogen and oxygen atoms in total. The molecule has 0 saturated carbocycles. The molecule has 3 heterocycles. The van der Waals surface area contributed by atoms with Crippen molar-refractivity contribution >= 4 is 0 Å². The molecule has 6 rings (SSSR count). The lowest BCUT2D eigenvalue weighted by Crippen LogP contribution is -2.65. The van der Waals surface area contributed by atoms with Crippen molar-refractivity contribution in [2.45, 2.75) is 36.5 Å².